The highest BCUT2D eigenvalue weighted by Crippen LogP contribution is 2.54. The van der Waals surface area contributed by atoms with Gasteiger partial charge in [0.1, 0.15) is 17.5 Å². The van der Waals surface area contributed by atoms with Crippen molar-refractivity contribution in [2.45, 2.75) is 82.9 Å². The molecule has 1 aliphatic heterocycles. The highest BCUT2D eigenvalue weighted by Gasteiger charge is 2.66. The van der Waals surface area contributed by atoms with Crippen LogP contribution >= 0.6 is 0 Å². The van der Waals surface area contributed by atoms with Crippen molar-refractivity contribution < 1.29 is 14.7 Å². The average Bonchev–Trinajstić information content (AvgIpc) is 3.49. The molecule has 2 aliphatic carbocycles. The van der Waals surface area contributed by atoms with Crippen molar-refractivity contribution >= 4 is 17.6 Å². The SMILES string of the molecule is Cc1nc(N)ccc1CNC(=O)[C@]12C[C@H]1CCCN2C(=O)[C@H](O)CC1CCCCC1. The Morgan fingerprint density at radius 1 is 1.27 bits per heavy atom. The first-order valence-electron chi connectivity index (χ1n) is 11.4. The second-order valence-corrected chi connectivity index (χ2v) is 9.38. The van der Waals surface area contributed by atoms with Crippen LogP contribution in [0.1, 0.15) is 69.0 Å². The normalized spacial score (nSPS) is 27.3. The van der Waals surface area contributed by atoms with Crippen molar-refractivity contribution in [3.8, 4) is 0 Å². The number of nitrogens with two attached hydrogens (primary N) is 1. The van der Waals surface area contributed by atoms with E-state index in [2.05, 4.69) is 10.3 Å². The minimum atomic E-state index is -0.999. The second-order valence-electron chi connectivity index (χ2n) is 9.38. The molecule has 3 atom stereocenters. The Morgan fingerprint density at radius 3 is 2.77 bits per heavy atom. The van der Waals surface area contributed by atoms with E-state index in [1.165, 1.54) is 19.3 Å². The number of hydrogen-bond donors (Lipinski definition) is 3. The van der Waals surface area contributed by atoms with E-state index in [4.69, 9.17) is 5.73 Å². The van der Waals surface area contributed by atoms with E-state index in [1.54, 1.807) is 11.0 Å². The summed E-state index contributed by atoms with van der Waals surface area (Å²) in [6, 6.07) is 3.60. The number of aryl methyl sites for hydroxylation is 1. The lowest BCUT2D eigenvalue weighted by Gasteiger charge is -2.37. The lowest BCUT2D eigenvalue weighted by Crippen LogP contribution is -2.57. The number of carbonyl (C=O) groups excluding carboxylic acids is 2. The van der Waals surface area contributed by atoms with Crippen LogP contribution in [-0.4, -0.2) is 45.0 Å². The van der Waals surface area contributed by atoms with Crippen molar-refractivity contribution in [2.24, 2.45) is 11.8 Å². The Bertz CT molecular complexity index is 808. The van der Waals surface area contributed by atoms with Gasteiger partial charge in [-0.05, 0) is 56.1 Å². The van der Waals surface area contributed by atoms with Gasteiger partial charge in [0.2, 0.25) is 5.91 Å². The second kappa shape index (κ2) is 8.53. The number of nitrogens with one attached hydrogen (secondary N) is 1. The van der Waals surface area contributed by atoms with E-state index in [-0.39, 0.29) is 17.7 Å². The quantitative estimate of drug-likeness (QED) is 0.662. The molecule has 1 aromatic heterocycles. The maximum absolute atomic E-state index is 13.2. The van der Waals surface area contributed by atoms with Gasteiger partial charge >= 0.3 is 0 Å². The summed E-state index contributed by atoms with van der Waals surface area (Å²) in [6.45, 7) is 2.78. The molecule has 2 heterocycles. The summed E-state index contributed by atoms with van der Waals surface area (Å²) in [5.41, 5.74) is 6.63. The number of carbonyl (C=O) groups is 2. The molecule has 164 valence electrons. The number of hydrogen-bond acceptors (Lipinski definition) is 5. The Morgan fingerprint density at radius 2 is 2.03 bits per heavy atom. The Balaban J connectivity index is 1.41. The number of pyridine rings is 1. The van der Waals surface area contributed by atoms with Crippen molar-refractivity contribution in [3.05, 3.63) is 23.4 Å². The fraction of sp³-hybridized carbons (Fsp3) is 0.696. The van der Waals surface area contributed by atoms with Crippen LogP contribution < -0.4 is 11.1 Å². The molecule has 7 heteroatoms. The van der Waals surface area contributed by atoms with Crippen LogP contribution in [-0.2, 0) is 16.1 Å². The first kappa shape index (κ1) is 21.1. The van der Waals surface area contributed by atoms with Crippen LogP contribution in [0.2, 0.25) is 0 Å². The molecule has 2 saturated carbocycles. The fourth-order valence-corrected chi connectivity index (χ4v) is 5.53. The number of fused-ring (bicyclic) bond motifs is 1. The van der Waals surface area contributed by atoms with Crippen LogP contribution in [0.25, 0.3) is 0 Å². The van der Waals surface area contributed by atoms with Gasteiger partial charge in [0.05, 0.1) is 0 Å². The number of nitrogens with zero attached hydrogens (tertiary/aromatic N) is 2. The van der Waals surface area contributed by atoms with E-state index < -0.39 is 11.6 Å². The number of aliphatic hydroxyl groups excluding tert-OH is 1. The lowest BCUT2D eigenvalue weighted by atomic mass is 9.85. The maximum Gasteiger partial charge on any atom is 0.252 e. The van der Waals surface area contributed by atoms with Gasteiger partial charge in [0.25, 0.3) is 5.91 Å². The Labute approximate surface area is 178 Å². The summed E-state index contributed by atoms with van der Waals surface area (Å²) < 4.78 is 0. The predicted molar refractivity (Wildman–Crippen MR) is 114 cm³/mol. The topological polar surface area (TPSA) is 109 Å². The molecular formula is C23H34N4O3. The summed E-state index contributed by atoms with van der Waals surface area (Å²) in [6.07, 6.45) is 7.86. The van der Waals surface area contributed by atoms with Gasteiger partial charge in [-0.1, -0.05) is 38.2 Å². The molecule has 3 aliphatic rings. The summed E-state index contributed by atoms with van der Waals surface area (Å²) in [5, 5.41) is 13.7. The number of aliphatic hydroxyl groups is 1. The van der Waals surface area contributed by atoms with Gasteiger partial charge in [-0.15, -0.1) is 0 Å². The van der Waals surface area contributed by atoms with Crippen molar-refractivity contribution in [3.63, 3.8) is 0 Å². The van der Waals surface area contributed by atoms with Crippen LogP contribution in [0.15, 0.2) is 12.1 Å². The number of nitrogen functional groups attached to an aromatic ring is 1. The number of piperidine rings is 1. The largest absolute Gasteiger partial charge is 0.384 e. The summed E-state index contributed by atoms with van der Waals surface area (Å²) in [5.74, 6) is 0.704. The van der Waals surface area contributed by atoms with E-state index in [9.17, 15) is 14.7 Å². The fourth-order valence-electron chi connectivity index (χ4n) is 5.53. The zero-order valence-corrected chi connectivity index (χ0v) is 17.9. The molecule has 0 unspecified atom stereocenters. The molecule has 7 nitrogen and oxygen atoms in total. The van der Waals surface area contributed by atoms with Gasteiger partial charge in [-0.3, -0.25) is 9.59 Å². The molecule has 1 aromatic rings. The number of rotatable bonds is 6. The smallest absolute Gasteiger partial charge is 0.252 e. The van der Waals surface area contributed by atoms with Gasteiger partial charge < -0.3 is 21.1 Å². The molecule has 0 bridgehead atoms. The Kier molecular flexibility index (Phi) is 6.00. The third-order valence-electron chi connectivity index (χ3n) is 7.37. The zero-order valence-electron chi connectivity index (χ0n) is 17.9. The standard InChI is InChI=1S/C23H34N4O3/c1-15-17(9-10-20(24)26-15)14-25-22(30)23-13-18(23)8-5-11-27(23)21(29)19(28)12-16-6-3-2-4-7-16/h9-10,16,18-19,28H,2-8,11-14H2,1H3,(H2,24,26)(H,25,30)/t18-,19-,23+/m1/s1. The number of anilines is 1. The summed E-state index contributed by atoms with van der Waals surface area (Å²) >= 11 is 0. The van der Waals surface area contributed by atoms with Crippen LogP contribution in [0, 0.1) is 18.8 Å². The van der Waals surface area contributed by atoms with Crippen LogP contribution in [0.3, 0.4) is 0 Å². The molecular weight excluding hydrogens is 380 g/mol. The molecule has 0 spiro atoms. The van der Waals surface area contributed by atoms with Crippen molar-refractivity contribution in [1.82, 2.24) is 15.2 Å². The third-order valence-corrected chi connectivity index (χ3v) is 7.37. The van der Waals surface area contributed by atoms with Crippen LogP contribution in [0.5, 0.6) is 0 Å². The number of aromatic nitrogens is 1. The van der Waals surface area contributed by atoms with E-state index in [0.29, 0.717) is 37.7 Å². The third kappa shape index (κ3) is 4.04. The Hall–Kier alpha value is -2.15. The molecule has 2 amide bonds. The van der Waals surface area contributed by atoms with E-state index in [1.807, 2.05) is 13.0 Å². The maximum atomic E-state index is 13.2. The highest BCUT2D eigenvalue weighted by atomic mass is 16.3. The number of amides is 2. The molecule has 3 fully saturated rings. The average molecular weight is 415 g/mol. The van der Waals surface area contributed by atoms with Gasteiger partial charge in [-0.2, -0.15) is 0 Å². The van der Waals surface area contributed by atoms with Crippen molar-refractivity contribution in [2.75, 3.05) is 12.3 Å². The monoisotopic (exact) mass is 414 g/mol. The van der Waals surface area contributed by atoms with Gasteiger partial charge in [0, 0.05) is 18.8 Å². The van der Waals surface area contributed by atoms with Crippen molar-refractivity contribution in [1.29, 1.82) is 0 Å². The summed E-state index contributed by atoms with van der Waals surface area (Å²) in [4.78, 5) is 32.3. The molecule has 0 radical (unpaired) electrons. The molecule has 0 aromatic carbocycles. The van der Waals surface area contributed by atoms with E-state index >= 15 is 0 Å². The zero-order chi connectivity index (χ0) is 21.3. The molecule has 1 saturated heterocycles. The number of likely N-dealkylation sites (tertiary alicyclic amines) is 1. The first-order valence-corrected chi connectivity index (χ1v) is 11.4. The lowest BCUT2D eigenvalue weighted by molar-refractivity contribution is -0.151. The predicted octanol–water partition coefficient (Wildman–Crippen LogP) is 2.30. The van der Waals surface area contributed by atoms with Crippen LogP contribution in [0.4, 0.5) is 5.82 Å². The minimum Gasteiger partial charge on any atom is -0.384 e. The van der Waals surface area contributed by atoms with Gasteiger partial charge in [-0.25, -0.2) is 4.98 Å². The molecule has 4 rings (SSSR count). The summed E-state index contributed by atoms with van der Waals surface area (Å²) in [7, 11) is 0. The molecule has 4 N–H and O–H groups in total. The highest BCUT2D eigenvalue weighted by molar-refractivity contribution is 5.96. The molecule has 30 heavy (non-hydrogen) atoms. The van der Waals surface area contributed by atoms with Gasteiger partial charge in [0.15, 0.2) is 0 Å². The first-order chi connectivity index (χ1) is 14.4. The van der Waals surface area contributed by atoms with E-state index in [0.717, 1.165) is 36.9 Å². The minimum absolute atomic E-state index is 0.110.